The van der Waals surface area contributed by atoms with Crippen LogP contribution < -0.4 is 10.6 Å². The highest BCUT2D eigenvalue weighted by molar-refractivity contribution is 6.32. The maximum atomic E-state index is 12.8. The Morgan fingerprint density at radius 1 is 1.26 bits per heavy atom. The summed E-state index contributed by atoms with van der Waals surface area (Å²) in [5, 5.41) is 0.752. The number of rotatable bonds is 1. The number of halogens is 1. The second-order valence-electron chi connectivity index (χ2n) is 5.66. The Kier molecular flexibility index (Phi) is 3.27. The summed E-state index contributed by atoms with van der Waals surface area (Å²) in [5.41, 5.74) is 7.72. The summed E-state index contributed by atoms with van der Waals surface area (Å²) in [6.45, 7) is 0.705. The van der Waals surface area contributed by atoms with Gasteiger partial charge in [-0.1, -0.05) is 36.9 Å². The standard InChI is InChI=1S/C15H19ClN2O/c16-12-5-4-6-13-11(12)7-10-18(13)14(19)15(17)8-2-1-3-9-15/h4-6H,1-3,7-10,17H2. The zero-order chi connectivity index (χ0) is 13.5. The number of fused-ring (bicyclic) bond motifs is 1. The molecule has 3 rings (SSSR count). The zero-order valence-corrected chi connectivity index (χ0v) is 11.7. The monoisotopic (exact) mass is 278 g/mol. The molecule has 0 bridgehead atoms. The molecule has 1 aromatic carbocycles. The highest BCUT2D eigenvalue weighted by Gasteiger charge is 2.40. The first kappa shape index (κ1) is 12.9. The molecular weight excluding hydrogens is 260 g/mol. The number of hydrogen-bond acceptors (Lipinski definition) is 2. The van der Waals surface area contributed by atoms with Gasteiger partial charge in [0.15, 0.2) is 0 Å². The number of carbonyl (C=O) groups excluding carboxylic acids is 1. The van der Waals surface area contributed by atoms with Crippen LogP contribution >= 0.6 is 11.6 Å². The van der Waals surface area contributed by atoms with E-state index in [2.05, 4.69) is 0 Å². The van der Waals surface area contributed by atoms with Crippen molar-refractivity contribution < 1.29 is 4.79 Å². The van der Waals surface area contributed by atoms with Crippen molar-refractivity contribution in [1.82, 2.24) is 0 Å². The Hall–Kier alpha value is -1.06. The van der Waals surface area contributed by atoms with Gasteiger partial charge in [0.1, 0.15) is 0 Å². The van der Waals surface area contributed by atoms with E-state index in [0.717, 1.165) is 48.4 Å². The van der Waals surface area contributed by atoms with Crippen molar-refractivity contribution in [3.8, 4) is 0 Å². The van der Waals surface area contributed by atoms with Crippen LogP contribution in [0.2, 0.25) is 5.02 Å². The van der Waals surface area contributed by atoms with Gasteiger partial charge in [0, 0.05) is 17.3 Å². The van der Waals surface area contributed by atoms with Gasteiger partial charge in [0.05, 0.1) is 5.54 Å². The average Bonchev–Trinajstić information content (AvgIpc) is 2.84. The van der Waals surface area contributed by atoms with Crippen LogP contribution in [-0.2, 0) is 11.2 Å². The Balaban J connectivity index is 1.89. The van der Waals surface area contributed by atoms with Gasteiger partial charge in [-0.2, -0.15) is 0 Å². The molecule has 0 atom stereocenters. The first-order valence-electron chi connectivity index (χ1n) is 7.00. The predicted molar refractivity (Wildman–Crippen MR) is 77.5 cm³/mol. The number of amides is 1. The molecule has 2 N–H and O–H groups in total. The van der Waals surface area contributed by atoms with E-state index < -0.39 is 5.54 Å². The lowest BCUT2D eigenvalue weighted by Gasteiger charge is -2.35. The minimum atomic E-state index is -0.665. The van der Waals surface area contributed by atoms with Gasteiger partial charge in [-0.3, -0.25) is 4.79 Å². The molecule has 1 saturated carbocycles. The number of anilines is 1. The second kappa shape index (κ2) is 4.80. The van der Waals surface area contributed by atoms with Crippen molar-refractivity contribution in [2.75, 3.05) is 11.4 Å². The number of carbonyl (C=O) groups is 1. The topological polar surface area (TPSA) is 46.3 Å². The molecule has 0 aromatic heterocycles. The van der Waals surface area contributed by atoms with E-state index in [4.69, 9.17) is 17.3 Å². The van der Waals surface area contributed by atoms with Crippen molar-refractivity contribution in [3.05, 3.63) is 28.8 Å². The Morgan fingerprint density at radius 2 is 2.00 bits per heavy atom. The lowest BCUT2D eigenvalue weighted by atomic mass is 9.81. The van der Waals surface area contributed by atoms with E-state index in [-0.39, 0.29) is 5.91 Å². The summed E-state index contributed by atoms with van der Waals surface area (Å²) in [5.74, 6) is 0.0771. The largest absolute Gasteiger partial charge is 0.317 e. The predicted octanol–water partition coefficient (Wildman–Crippen LogP) is 2.89. The van der Waals surface area contributed by atoms with Gasteiger partial charge in [-0.05, 0) is 37.0 Å². The number of hydrogen-bond donors (Lipinski definition) is 1. The summed E-state index contributed by atoms with van der Waals surface area (Å²) < 4.78 is 0. The van der Waals surface area contributed by atoms with Crippen LogP contribution in [0.4, 0.5) is 5.69 Å². The van der Waals surface area contributed by atoms with Gasteiger partial charge >= 0.3 is 0 Å². The minimum absolute atomic E-state index is 0.0771. The molecule has 2 aliphatic rings. The van der Waals surface area contributed by atoms with E-state index in [0.29, 0.717) is 6.54 Å². The summed E-state index contributed by atoms with van der Waals surface area (Å²) in [6, 6.07) is 5.75. The van der Waals surface area contributed by atoms with Crippen molar-refractivity contribution >= 4 is 23.2 Å². The maximum absolute atomic E-state index is 12.8. The van der Waals surface area contributed by atoms with Crippen LogP contribution in [0.25, 0.3) is 0 Å². The molecule has 0 saturated heterocycles. The van der Waals surface area contributed by atoms with Gasteiger partial charge < -0.3 is 10.6 Å². The molecule has 1 heterocycles. The molecule has 1 amide bonds. The summed E-state index contributed by atoms with van der Waals surface area (Å²) in [7, 11) is 0. The van der Waals surface area contributed by atoms with E-state index in [1.807, 2.05) is 23.1 Å². The van der Waals surface area contributed by atoms with Gasteiger partial charge in [-0.15, -0.1) is 0 Å². The second-order valence-corrected chi connectivity index (χ2v) is 6.07. The van der Waals surface area contributed by atoms with Crippen LogP contribution in [0.3, 0.4) is 0 Å². The zero-order valence-electron chi connectivity index (χ0n) is 11.0. The molecule has 0 unspecified atom stereocenters. The van der Waals surface area contributed by atoms with Crippen LogP contribution in [0, 0.1) is 0 Å². The highest BCUT2D eigenvalue weighted by atomic mass is 35.5. The van der Waals surface area contributed by atoms with E-state index >= 15 is 0 Å². The van der Waals surface area contributed by atoms with Crippen LogP contribution in [0.1, 0.15) is 37.7 Å². The minimum Gasteiger partial charge on any atom is -0.317 e. The summed E-state index contributed by atoms with van der Waals surface area (Å²) >= 11 is 6.19. The van der Waals surface area contributed by atoms with Crippen molar-refractivity contribution in [1.29, 1.82) is 0 Å². The molecular formula is C15H19ClN2O. The molecule has 0 spiro atoms. The number of nitrogens with two attached hydrogens (primary N) is 1. The SMILES string of the molecule is NC1(C(=O)N2CCc3c(Cl)cccc32)CCCCC1. The molecule has 4 heteroatoms. The third-order valence-electron chi connectivity index (χ3n) is 4.39. The van der Waals surface area contributed by atoms with Gasteiger partial charge in [0.25, 0.3) is 0 Å². The average molecular weight is 279 g/mol. The third kappa shape index (κ3) is 2.15. The normalized spacial score (nSPS) is 21.3. The third-order valence-corrected chi connectivity index (χ3v) is 4.74. The molecule has 1 aromatic rings. The quantitative estimate of drug-likeness (QED) is 0.859. The molecule has 19 heavy (non-hydrogen) atoms. The highest BCUT2D eigenvalue weighted by Crippen LogP contribution is 2.36. The molecule has 1 aliphatic carbocycles. The van der Waals surface area contributed by atoms with Crippen molar-refractivity contribution in [2.45, 2.75) is 44.1 Å². The first-order valence-corrected chi connectivity index (χ1v) is 7.38. The Morgan fingerprint density at radius 3 is 2.74 bits per heavy atom. The molecule has 1 aliphatic heterocycles. The lowest BCUT2D eigenvalue weighted by molar-refractivity contribution is -0.124. The molecule has 0 radical (unpaired) electrons. The van der Waals surface area contributed by atoms with Crippen LogP contribution in [0.5, 0.6) is 0 Å². The fourth-order valence-corrected chi connectivity index (χ4v) is 3.53. The fraction of sp³-hybridized carbons (Fsp3) is 0.533. The van der Waals surface area contributed by atoms with E-state index in [9.17, 15) is 4.79 Å². The number of nitrogens with zero attached hydrogens (tertiary/aromatic N) is 1. The van der Waals surface area contributed by atoms with Crippen molar-refractivity contribution in [2.24, 2.45) is 5.73 Å². The molecule has 3 nitrogen and oxygen atoms in total. The van der Waals surface area contributed by atoms with E-state index in [1.54, 1.807) is 0 Å². The van der Waals surface area contributed by atoms with Crippen LogP contribution in [-0.4, -0.2) is 18.0 Å². The fourth-order valence-electron chi connectivity index (χ4n) is 3.27. The molecule has 1 fully saturated rings. The van der Waals surface area contributed by atoms with Crippen molar-refractivity contribution in [3.63, 3.8) is 0 Å². The van der Waals surface area contributed by atoms with Gasteiger partial charge in [-0.25, -0.2) is 0 Å². The lowest BCUT2D eigenvalue weighted by Crippen LogP contribution is -2.56. The Bertz CT molecular complexity index is 509. The summed E-state index contributed by atoms with van der Waals surface area (Å²) in [6.07, 6.45) is 5.74. The first-order chi connectivity index (χ1) is 9.12. The van der Waals surface area contributed by atoms with Crippen LogP contribution in [0.15, 0.2) is 18.2 Å². The van der Waals surface area contributed by atoms with Gasteiger partial charge in [0.2, 0.25) is 5.91 Å². The maximum Gasteiger partial charge on any atom is 0.247 e. The summed E-state index contributed by atoms with van der Waals surface area (Å²) in [4.78, 5) is 14.6. The smallest absolute Gasteiger partial charge is 0.247 e. The van der Waals surface area contributed by atoms with E-state index in [1.165, 1.54) is 6.42 Å². The Labute approximate surface area is 118 Å². The number of benzene rings is 1. The molecule has 102 valence electrons.